The van der Waals surface area contributed by atoms with Gasteiger partial charge in [-0.05, 0) is 51.4 Å². The Kier molecular flexibility index (Phi) is 9.01. The molecule has 1 aliphatic heterocycles. The topological polar surface area (TPSA) is 121 Å². The first-order valence-corrected chi connectivity index (χ1v) is 14.8. The smallest absolute Gasteiger partial charge is 0.407 e. The van der Waals surface area contributed by atoms with E-state index in [1.54, 1.807) is 13.0 Å². The molecule has 0 spiro atoms. The summed E-state index contributed by atoms with van der Waals surface area (Å²) in [7, 11) is 0. The maximum absolute atomic E-state index is 15.9. The van der Waals surface area contributed by atoms with E-state index >= 15 is 4.39 Å². The van der Waals surface area contributed by atoms with Gasteiger partial charge in [-0.15, -0.1) is 0 Å². The van der Waals surface area contributed by atoms with E-state index in [0.29, 0.717) is 5.82 Å². The number of amides is 1. The molecule has 1 amide bonds. The van der Waals surface area contributed by atoms with E-state index in [1.165, 1.54) is 4.90 Å². The minimum Gasteiger partial charge on any atom is -0.481 e. The molecule has 2 aromatic rings. The van der Waals surface area contributed by atoms with Crippen molar-refractivity contribution in [1.29, 1.82) is 0 Å². The predicted molar refractivity (Wildman–Crippen MR) is 163 cm³/mol. The van der Waals surface area contributed by atoms with E-state index in [-0.39, 0.29) is 40.1 Å². The molecule has 234 valence electrons. The number of halogens is 3. The van der Waals surface area contributed by atoms with Crippen LogP contribution in [0.3, 0.4) is 0 Å². The summed E-state index contributed by atoms with van der Waals surface area (Å²) in [6.07, 6.45) is -1.45. The summed E-state index contributed by atoms with van der Waals surface area (Å²) >= 11 is 12.9. The zero-order chi connectivity index (χ0) is 32.3. The van der Waals surface area contributed by atoms with E-state index in [9.17, 15) is 19.8 Å². The Bertz CT molecular complexity index is 1380. The number of anilines is 2. The van der Waals surface area contributed by atoms with Gasteiger partial charge in [0.1, 0.15) is 10.0 Å². The molecule has 3 N–H and O–H groups in total. The summed E-state index contributed by atoms with van der Waals surface area (Å²) in [6.45, 7) is 20.9. The van der Waals surface area contributed by atoms with Crippen molar-refractivity contribution in [3.05, 3.63) is 33.3 Å². The Morgan fingerprint density at radius 2 is 1.64 bits per heavy atom. The molecule has 0 radical (unpaired) electrons. The second kappa shape index (κ2) is 11.2. The third kappa shape index (κ3) is 6.07. The number of hydrogen-bond acceptors (Lipinski definition) is 5. The lowest BCUT2D eigenvalue weighted by molar-refractivity contribution is -0.184. The van der Waals surface area contributed by atoms with Crippen LogP contribution in [0.2, 0.25) is 10.0 Å². The summed E-state index contributed by atoms with van der Waals surface area (Å²) in [5.74, 6) is -2.99. The lowest BCUT2D eigenvalue weighted by atomic mass is 9.48. The van der Waals surface area contributed by atoms with Gasteiger partial charge in [0.25, 0.3) is 0 Å². The molecule has 2 aromatic heterocycles. The molecule has 0 aliphatic carbocycles. The highest BCUT2D eigenvalue weighted by Gasteiger charge is 2.64. The first-order chi connectivity index (χ1) is 18.9. The molecule has 0 saturated carbocycles. The molecule has 1 saturated heterocycles. The van der Waals surface area contributed by atoms with Crippen LogP contribution in [0, 0.1) is 40.8 Å². The van der Waals surface area contributed by atoms with Gasteiger partial charge in [0, 0.05) is 36.7 Å². The van der Waals surface area contributed by atoms with E-state index in [0.717, 1.165) is 5.69 Å². The zero-order valence-corrected chi connectivity index (χ0v) is 27.9. The van der Waals surface area contributed by atoms with E-state index in [1.807, 2.05) is 73.9 Å². The number of nitrogens with one attached hydrogen (secondary N) is 1. The van der Waals surface area contributed by atoms with Gasteiger partial charge >= 0.3 is 12.1 Å². The number of piperidine rings is 1. The number of carbonyl (C=O) groups is 2. The monoisotopic (exact) mass is 627 g/mol. The number of carboxylic acids is 1. The van der Waals surface area contributed by atoms with Gasteiger partial charge < -0.3 is 20.4 Å². The van der Waals surface area contributed by atoms with Crippen molar-refractivity contribution in [3.63, 3.8) is 0 Å². The molecule has 3 heterocycles. The first kappa shape index (κ1) is 33.9. The second-order valence-corrected chi connectivity index (χ2v) is 15.4. The second-order valence-electron chi connectivity index (χ2n) is 14.7. The minimum absolute atomic E-state index is 0.0313. The number of rotatable bonds is 5. The Morgan fingerprint density at radius 1 is 1.07 bits per heavy atom. The van der Waals surface area contributed by atoms with Crippen molar-refractivity contribution in [2.75, 3.05) is 11.9 Å². The summed E-state index contributed by atoms with van der Waals surface area (Å²) in [4.78, 5) is 31.8. The fourth-order valence-corrected chi connectivity index (χ4v) is 7.48. The van der Waals surface area contributed by atoms with E-state index < -0.39 is 52.0 Å². The SMILES string of the molecule is Cc1cc(Nc2nc(C[C@@]3(C(=O)O)C(C(C)(C)C)CN(C(=O)O)[C@H](C)C3C(C)(C)C)c(F)c(Cl)c2Cl)nn1C(C)(C)C. The Balaban J connectivity index is 2.26. The molecule has 4 atom stereocenters. The highest BCUT2D eigenvalue weighted by atomic mass is 35.5. The molecule has 1 fully saturated rings. The Labute approximate surface area is 257 Å². The average molecular weight is 629 g/mol. The van der Waals surface area contributed by atoms with Crippen LogP contribution in [-0.4, -0.2) is 54.5 Å². The molecule has 1 aliphatic rings. The normalized spacial score (nSPS) is 23.7. The fourth-order valence-electron chi connectivity index (χ4n) is 7.11. The number of pyridine rings is 1. The number of aromatic nitrogens is 3. The molecule has 0 bridgehead atoms. The van der Waals surface area contributed by atoms with E-state index in [4.69, 9.17) is 23.2 Å². The quantitative estimate of drug-likeness (QED) is 0.308. The summed E-state index contributed by atoms with van der Waals surface area (Å²) in [5.41, 5.74) is -2.54. The Hall–Kier alpha value is -2.59. The number of carboxylic acid groups (broad SMARTS) is 2. The van der Waals surface area contributed by atoms with Crippen LogP contribution in [0.1, 0.15) is 80.6 Å². The average Bonchev–Trinajstić information content (AvgIpc) is 3.19. The Morgan fingerprint density at radius 3 is 2.07 bits per heavy atom. The van der Waals surface area contributed by atoms with Crippen LogP contribution in [-0.2, 0) is 16.8 Å². The minimum atomic E-state index is -1.60. The maximum atomic E-state index is 15.9. The van der Waals surface area contributed by atoms with Crippen LogP contribution in [0.5, 0.6) is 0 Å². The van der Waals surface area contributed by atoms with Gasteiger partial charge in [0.15, 0.2) is 17.5 Å². The third-order valence-corrected chi connectivity index (χ3v) is 9.29. The molecule has 42 heavy (non-hydrogen) atoms. The fraction of sp³-hybridized carbons (Fsp3) is 0.667. The number of nitrogens with zero attached hydrogens (tertiary/aromatic N) is 4. The van der Waals surface area contributed by atoms with Crippen molar-refractivity contribution < 1.29 is 24.2 Å². The number of aliphatic carboxylic acids is 1. The van der Waals surface area contributed by atoms with Gasteiger partial charge in [0.05, 0.1) is 16.6 Å². The zero-order valence-electron chi connectivity index (χ0n) is 26.4. The van der Waals surface area contributed by atoms with Gasteiger partial charge in [0.2, 0.25) is 0 Å². The molecule has 3 rings (SSSR count). The summed E-state index contributed by atoms with van der Waals surface area (Å²) in [6, 6.07) is 1.12. The molecule has 0 aromatic carbocycles. The van der Waals surface area contributed by atoms with Crippen LogP contribution >= 0.6 is 23.2 Å². The van der Waals surface area contributed by atoms with Crippen molar-refractivity contribution >= 4 is 46.9 Å². The summed E-state index contributed by atoms with van der Waals surface area (Å²) < 4.78 is 17.7. The lowest BCUT2D eigenvalue weighted by Gasteiger charge is -2.60. The van der Waals surface area contributed by atoms with Crippen molar-refractivity contribution in [1.82, 2.24) is 19.7 Å². The predicted octanol–water partition coefficient (Wildman–Crippen LogP) is 7.85. The standard InChI is InChI=1S/C30H44Cl2FN5O4/c1-15-12-19(36-38(15)29(9,10)11)35-24-21(32)20(31)22(33)17(34-24)13-30(25(39)40)18(27(3,4)5)14-37(26(41)42)16(2)23(30)28(6,7)8/h12,16,18,23H,13-14H2,1-11H3,(H,39,40)(H,41,42)(H,34,35,36)/t16-,18?,23?,30-/m1/s1. The summed E-state index contributed by atoms with van der Waals surface area (Å²) in [5, 5.41) is 28.3. The van der Waals surface area contributed by atoms with Crippen molar-refractivity contribution in [2.24, 2.45) is 28.1 Å². The van der Waals surface area contributed by atoms with Crippen LogP contribution in [0.25, 0.3) is 0 Å². The highest BCUT2D eigenvalue weighted by molar-refractivity contribution is 6.43. The molecule has 9 nitrogen and oxygen atoms in total. The van der Waals surface area contributed by atoms with Crippen molar-refractivity contribution in [3.8, 4) is 0 Å². The molecule has 2 unspecified atom stereocenters. The number of hydrogen-bond donors (Lipinski definition) is 3. The van der Waals surface area contributed by atoms with Gasteiger partial charge in [-0.1, -0.05) is 64.7 Å². The van der Waals surface area contributed by atoms with Crippen LogP contribution < -0.4 is 5.32 Å². The first-order valence-electron chi connectivity index (χ1n) is 14.0. The van der Waals surface area contributed by atoms with Gasteiger partial charge in [-0.25, -0.2) is 14.2 Å². The van der Waals surface area contributed by atoms with Gasteiger partial charge in [-0.2, -0.15) is 5.10 Å². The number of likely N-dealkylation sites (tertiary alicyclic amines) is 1. The van der Waals surface area contributed by atoms with Gasteiger partial charge in [-0.3, -0.25) is 9.48 Å². The molecule has 12 heteroatoms. The van der Waals surface area contributed by atoms with Crippen LogP contribution in [0.4, 0.5) is 20.8 Å². The van der Waals surface area contributed by atoms with Crippen LogP contribution in [0.15, 0.2) is 6.07 Å². The third-order valence-electron chi connectivity index (χ3n) is 8.48. The number of aryl methyl sites for hydroxylation is 1. The maximum Gasteiger partial charge on any atom is 0.407 e. The lowest BCUT2D eigenvalue weighted by Crippen LogP contribution is -2.68. The molecular weight excluding hydrogens is 584 g/mol. The molecular formula is C30H44Cl2FN5O4. The van der Waals surface area contributed by atoms with E-state index in [2.05, 4.69) is 15.4 Å². The largest absolute Gasteiger partial charge is 0.481 e. The van der Waals surface area contributed by atoms with Crippen molar-refractivity contribution in [2.45, 2.75) is 94.2 Å². The highest BCUT2D eigenvalue weighted by Crippen LogP contribution is 2.58.